The summed E-state index contributed by atoms with van der Waals surface area (Å²) in [6, 6.07) is 6.65. The number of thioether (sulfide) groups is 1. The van der Waals surface area contributed by atoms with Crippen LogP contribution in [0.1, 0.15) is 0 Å². The second-order valence-electron chi connectivity index (χ2n) is 6.72. The Bertz CT molecular complexity index is 1700. The van der Waals surface area contributed by atoms with Crippen LogP contribution in [0, 0.1) is 5.82 Å². The molecule has 4 N–H and O–H groups in total. The average molecular weight is 522 g/mol. The molecular formula is C20H13ClFN5O5S2. The Balaban J connectivity index is 1.61. The van der Waals surface area contributed by atoms with Gasteiger partial charge in [-0.05, 0) is 59.6 Å². The molecule has 1 aliphatic heterocycles. The minimum atomic E-state index is -4.26. The maximum Gasteiger partial charge on any atom is 0.333 e. The zero-order chi connectivity index (χ0) is 24.6. The summed E-state index contributed by atoms with van der Waals surface area (Å²) in [5.41, 5.74) is 3.48. The number of nitrogens with zero attached hydrogens (tertiary/aromatic N) is 1. The van der Waals surface area contributed by atoms with Crippen molar-refractivity contribution in [3.63, 3.8) is 0 Å². The molecule has 0 saturated heterocycles. The van der Waals surface area contributed by atoms with Gasteiger partial charge < -0.3 is 15.6 Å². The summed E-state index contributed by atoms with van der Waals surface area (Å²) in [6.07, 6.45) is 0. The number of hydrogen-bond acceptors (Lipinski definition) is 7. The third-order valence-corrected chi connectivity index (χ3v) is 7.40. The van der Waals surface area contributed by atoms with Gasteiger partial charge >= 0.3 is 11.7 Å². The molecule has 0 atom stereocenters. The Labute approximate surface area is 199 Å². The van der Waals surface area contributed by atoms with E-state index in [2.05, 4.69) is 27.1 Å². The number of anilines is 2. The molecule has 1 aliphatic rings. The Morgan fingerprint density at radius 2 is 1.88 bits per heavy atom. The van der Waals surface area contributed by atoms with Crippen LogP contribution in [-0.4, -0.2) is 31.0 Å². The fraction of sp³-hybridized carbons (Fsp3) is 0.0500. The standard InChI is InChI=1S/C20H13ClFN5O5S2/c1-23-10-2-4-12-14(9-10)25-20(30)27(18(12)28)15-5-3-11(8-13(15)22)24-19(29)26-34(31,32)17-7-6-16(21)33-17/h2-5,8-9,23H,1H3,(H,25,30)(H2,24,26,29). The van der Waals surface area contributed by atoms with Crippen molar-refractivity contribution in [2.24, 2.45) is 0 Å². The molecule has 2 amide bonds. The molecule has 0 fully saturated rings. The molecule has 4 rings (SSSR count). The molecule has 0 bridgehead atoms. The van der Waals surface area contributed by atoms with Gasteiger partial charge in [0.05, 0.1) is 16.6 Å². The average Bonchev–Trinajstić information content (AvgIpc) is 3.21. The van der Waals surface area contributed by atoms with Gasteiger partial charge in [-0.15, -0.1) is 0 Å². The molecule has 0 aliphatic carbocycles. The Hall–Kier alpha value is -3.73. The lowest BCUT2D eigenvalue weighted by molar-refractivity contribution is 0.256. The highest BCUT2D eigenvalue weighted by molar-refractivity contribution is 8.21. The third-order valence-electron chi connectivity index (χ3n) is 4.55. The van der Waals surface area contributed by atoms with Crippen LogP contribution in [0.15, 0.2) is 66.1 Å². The first kappa shape index (κ1) is 23.4. The molecule has 1 aromatic heterocycles. The van der Waals surface area contributed by atoms with E-state index < -0.39 is 33.1 Å². The van der Waals surface area contributed by atoms with Crippen LogP contribution in [0.5, 0.6) is 0 Å². The van der Waals surface area contributed by atoms with E-state index in [1.54, 1.807) is 23.9 Å². The maximum atomic E-state index is 14.8. The minimum Gasteiger partial charge on any atom is -0.388 e. The maximum absolute atomic E-state index is 14.8. The summed E-state index contributed by atoms with van der Waals surface area (Å²) in [4.78, 5) is 40.0. The van der Waals surface area contributed by atoms with E-state index in [4.69, 9.17) is 11.6 Å². The van der Waals surface area contributed by atoms with Gasteiger partial charge in [-0.2, -0.15) is 8.42 Å². The number of fused-ring (bicyclic) bond motifs is 1. The summed E-state index contributed by atoms with van der Waals surface area (Å²) in [5.74, 6) is -1.01. The molecule has 14 heteroatoms. The number of amides is 2. The van der Waals surface area contributed by atoms with Crippen molar-refractivity contribution in [1.82, 2.24) is 14.3 Å². The monoisotopic (exact) mass is 521 g/mol. The van der Waals surface area contributed by atoms with E-state index >= 15 is 0 Å². The highest BCUT2D eigenvalue weighted by Gasteiger charge is 2.24. The van der Waals surface area contributed by atoms with Gasteiger partial charge in [-0.1, -0.05) is 11.6 Å². The lowest BCUT2D eigenvalue weighted by Gasteiger charge is -2.11. The van der Waals surface area contributed by atoms with E-state index in [0.717, 1.165) is 12.1 Å². The molecule has 3 aromatic rings. The topological polar surface area (TPSA) is 142 Å². The number of carbonyl (C=O) groups excluding carboxylic acids is 1. The number of rotatable bonds is 5. The minimum absolute atomic E-state index is 0.0415. The zero-order valence-electron chi connectivity index (χ0n) is 17.0. The SMILES string of the molecule is CNc1ccc2c(=O)n(-c3ccc(NC(=O)NS(=O)(=O)C4=C=C=C(Cl)S4)cc3F)c(=O)[nH]c2c1. The fourth-order valence-electron chi connectivity index (χ4n) is 3.04. The molecule has 34 heavy (non-hydrogen) atoms. The number of aromatic amines is 1. The van der Waals surface area contributed by atoms with Gasteiger partial charge in [0, 0.05) is 18.4 Å². The van der Waals surface area contributed by atoms with Crippen LogP contribution >= 0.6 is 23.4 Å². The Morgan fingerprint density at radius 1 is 1.15 bits per heavy atom. The van der Waals surface area contributed by atoms with Gasteiger partial charge in [0.2, 0.25) is 0 Å². The molecule has 0 spiro atoms. The van der Waals surface area contributed by atoms with Crippen molar-refractivity contribution in [3.05, 3.63) is 83.1 Å². The van der Waals surface area contributed by atoms with Crippen LogP contribution < -0.4 is 26.6 Å². The van der Waals surface area contributed by atoms with Gasteiger partial charge in [0.15, 0.2) is 4.24 Å². The van der Waals surface area contributed by atoms with Gasteiger partial charge in [0.1, 0.15) is 10.2 Å². The first-order chi connectivity index (χ1) is 16.1. The highest BCUT2D eigenvalue weighted by atomic mass is 35.5. The lowest BCUT2D eigenvalue weighted by Crippen LogP contribution is -2.35. The summed E-state index contributed by atoms with van der Waals surface area (Å²) in [5, 5.41) is 5.21. The molecule has 0 unspecified atom stereocenters. The second-order valence-corrected chi connectivity index (χ2v) is 10.2. The first-order valence-corrected chi connectivity index (χ1v) is 12.0. The number of H-pyrrole nitrogens is 1. The summed E-state index contributed by atoms with van der Waals surface area (Å²) in [6.45, 7) is 0. The summed E-state index contributed by atoms with van der Waals surface area (Å²) in [7, 11) is -2.58. The van der Waals surface area contributed by atoms with Crippen LogP contribution in [-0.2, 0) is 10.0 Å². The van der Waals surface area contributed by atoms with Crippen LogP contribution in [0.4, 0.5) is 20.6 Å². The first-order valence-electron chi connectivity index (χ1n) is 9.29. The number of hydrogen-bond donors (Lipinski definition) is 4. The van der Waals surface area contributed by atoms with Crippen molar-refractivity contribution in [3.8, 4) is 5.69 Å². The molecular weight excluding hydrogens is 509 g/mol. The van der Waals surface area contributed by atoms with Crippen molar-refractivity contribution < 1.29 is 17.6 Å². The van der Waals surface area contributed by atoms with Crippen molar-refractivity contribution in [2.45, 2.75) is 0 Å². The normalized spacial score (nSPS) is 12.9. The lowest BCUT2D eigenvalue weighted by atomic mass is 10.2. The number of halogens is 2. The van der Waals surface area contributed by atoms with E-state index in [9.17, 15) is 27.2 Å². The van der Waals surface area contributed by atoms with Gasteiger partial charge in [-0.25, -0.2) is 23.3 Å². The number of benzene rings is 2. The fourth-order valence-corrected chi connectivity index (χ4v) is 5.21. The van der Waals surface area contributed by atoms with E-state index in [1.165, 1.54) is 12.1 Å². The summed E-state index contributed by atoms with van der Waals surface area (Å²) < 4.78 is 41.2. The van der Waals surface area contributed by atoms with Gasteiger partial charge in [-0.3, -0.25) is 4.79 Å². The third kappa shape index (κ3) is 4.51. The molecule has 0 saturated carbocycles. The molecule has 10 nitrogen and oxygen atoms in total. The van der Waals surface area contributed by atoms with Crippen molar-refractivity contribution in [2.75, 3.05) is 17.7 Å². The van der Waals surface area contributed by atoms with Crippen LogP contribution in [0.25, 0.3) is 16.6 Å². The second kappa shape index (κ2) is 8.90. The number of urea groups is 1. The van der Waals surface area contributed by atoms with Crippen LogP contribution in [0.3, 0.4) is 0 Å². The molecule has 2 heterocycles. The van der Waals surface area contributed by atoms with Crippen molar-refractivity contribution >= 4 is 61.7 Å². The number of aromatic nitrogens is 2. The Kier molecular flexibility index (Phi) is 6.13. The number of nitrogens with one attached hydrogen (secondary N) is 4. The molecule has 174 valence electrons. The highest BCUT2D eigenvalue weighted by Crippen LogP contribution is 2.33. The molecule has 0 radical (unpaired) electrons. The Morgan fingerprint density at radius 3 is 2.53 bits per heavy atom. The smallest absolute Gasteiger partial charge is 0.333 e. The van der Waals surface area contributed by atoms with E-state index in [-0.39, 0.29) is 30.9 Å². The number of carbonyl (C=O) groups is 1. The van der Waals surface area contributed by atoms with Crippen LogP contribution in [0.2, 0.25) is 0 Å². The summed E-state index contributed by atoms with van der Waals surface area (Å²) >= 11 is 6.28. The van der Waals surface area contributed by atoms with Crippen molar-refractivity contribution in [1.29, 1.82) is 0 Å². The van der Waals surface area contributed by atoms with Gasteiger partial charge in [0.25, 0.3) is 15.6 Å². The predicted molar refractivity (Wildman–Crippen MR) is 128 cm³/mol. The van der Waals surface area contributed by atoms with E-state index in [1.807, 2.05) is 0 Å². The number of sulfonamides is 1. The molecule has 2 aromatic carbocycles. The largest absolute Gasteiger partial charge is 0.388 e. The quantitative estimate of drug-likeness (QED) is 0.378. The van der Waals surface area contributed by atoms with E-state index in [0.29, 0.717) is 22.0 Å². The predicted octanol–water partition coefficient (Wildman–Crippen LogP) is 2.73. The zero-order valence-corrected chi connectivity index (χ0v) is 19.4.